The van der Waals surface area contributed by atoms with E-state index in [1.54, 1.807) is 0 Å². The van der Waals surface area contributed by atoms with Gasteiger partial charge in [0, 0.05) is 28.4 Å². The molecule has 21 heavy (non-hydrogen) atoms. The maximum atomic E-state index is 6.13. The van der Waals surface area contributed by atoms with Gasteiger partial charge < -0.3 is 10.5 Å². The van der Waals surface area contributed by atoms with Gasteiger partial charge in [-0.15, -0.1) is 0 Å². The largest absolute Gasteiger partial charge is 0.490 e. The van der Waals surface area contributed by atoms with Gasteiger partial charge in [-0.3, -0.25) is 4.98 Å². The molecule has 0 fully saturated rings. The summed E-state index contributed by atoms with van der Waals surface area (Å²) in [5.74, 6) is 0.910. The van der Waals surface area contributed by atoms with E-state index in [-0.39, 0.29) is 6.10 Å². The van der Waals surface area contributed by atoms with Crippen molar-refractivity contribution in [3.8, 4) is 5.75 Å². The zero-order valence-electron chi connectivity index (χ0n) is 13.4. The summed E-state index contributed by atoms with van der Waals surface area (Å²) in [6, 6.07) is 5.92. The van der Waals surface area contributed by atoms with Gasteiger partial charge in [-0.25, -0.2) is 0 Å². The summed E-state index contributed by atoms with van der Waals surface area (Å²) < 4.78 is 6.13. The molecule has 3 nitrogen and oxygen atoms in total. The molecule has 0 spiro atoms. The number of nitrogens with zero attached hydrogens (tertiary/aromatic N) is 1. The quantitative estimate of drug-likeness (QED) is 0.584. The SMILES string of the molecule is CCCCCCC(C)Oc1ccc(N)c2cnc(C)cc12. The van der Waals surface area contributed by atoms with Gasteiger partial charge in [0.15, 0.2) is 0 Å². The standard InChI is InChI=1S/C18H26N2O/c1-4-5-6-7-8-14(3)21-18-10-9-17(19)16-12-20-13(2)11-15(16)18/h9-12,14H,4-8,19H2,1-3H3. The summed E-state index contributed by atoms with van der Waals surface area (Å²) in [6.07, 6.45) is 8.24. The lowest BCUT2D eigenvalue weighted by molar-refractivity contribution is 0.209. The van der Waals surface area contributed by atoms with E-state index < -0.39 is 0 Å². The van der Waals surface area contributed by atoms with E-state index in [9.17, 15) is 0 Å². The summed E-state index contributed by atoms with van der Waals surface area (Å²) in [5, 5.41) is 2.03. The van der Waals surface area contributed by atoms with Gasteiger partial charge in [-0.1, -0.05) is 26.2 Å². The van der Waals surface area contributed by atoms with E-state index in [0.717, 1.165) is 34.3 Å². The fraction of sp³-hybridized carbons (Fsp3) is 0.500. The van der Waals surface area contributed by atoms with Crippen LogP contribution in [0.2, 0.25) is 0 Å². The summed E-state index contributed by atoms with van der Waals surface area (Å²) >= 11 is 0. The van der Waals surface area contributed by atoms with Crippen molar-refractivity contribution in [3.63, 3.8) is 0 Å². The first-order chi connectivity index (χ1) is 10.1. The second-order valence-corrected chi connectivity index (χ2v) is 5.80. The minimum atomic E-state index is 0.224. The van der Waals surface area contributed by atoms with Crippen LogP contribution in [0, 0.1) is 6.92 Å². The molecule has 0 amide bonds. The first kappa shape index (κ1) is 15.6. The molecule has 0 saturated carbocycles. The molecular weight excluding hydrogens is 260 g/mol. The third-order valence-corrected chi connectivity index (χ3v) is 3.82. The molecule has 0 bridgehead atoms. The molecule has 1 heterocycles. The summed E-state index contributed by atoms with van der Waals surface area (Å²) in [6.45, 7) is 6.36. The maximum absolute atomic E-state index is 6.13. The molecule has 2 aromatic rings. The normalized spacial score (nSPS) is 12.5. The Hall–Kier alpha value is -1.77. The summed E-state index contributed by atoms with van der Waals surface area (Å²) in [7, 11) is 0. The molecule has 3 heteroatoms. The molecule has 1 unspecified atom stereocenters. The van der Waals surface area contributed by atoms with E-state index >= 15 is 0 Å². The van der Waals surface area contributed by atoms with Crippen molar-refractivity contribution in [1.29, 1.82) is 0 Å². The molecule has 1 atom stereocenters. The van der Waals surface area contributed by atoms with Crippen LogP contribution in [-0.2, 0) is 0 Å². The Balaban J connectivity index is 2.11. The molecule has 114 valence electrons. The molecule has 0 radical (unpaired) electrons. The van der Waals surface area contributed by atoms with E-state index in [0.29, 0.717) is 0 Å². The van der Waals surface area contributed by atoms with Gasteiger partial charge in [-0.05, 0) is 44.9 Å². The predicted octanol–water partition coefficient (Wildman–Crippen LogP) is 4.86. The Morgan fingerprint density at radius 1 is 1.19 bits per heavy atom. The van der Waals surface area contributed by atoms with Crippen LogP contribution < -0.4 is 10.5 Å². The molecular formula is C18H26N2O. The van der Waals surface area contributed by atoms with Crippen molar-refractivity contribution in [2.24, 2.45) is 0 Å². The third-order valence-electron chi connectivity index (χ3n) is 3.82. The number of aromatic nitrogens is 1. The smallest absolute Gasteiger partial charge is 0.127 e. The molecule has 1 aromatic heterocycles. The van der Waals surface area contributed by atoms with Crippen molar-refractivity contribution in [2.75, 3.05) is 5.73 Å². The Kier molecular flexibility index (Phi) is 5.43. The average Bonchev–Trinajstić information content (AvgIpc) is 2.46. The highest BCUT2D eigenvalue weighted by Gasteiger charge is 2.10. The number of nitrogens with two attached hydrogens (primary N) is 1. The van der Waals surface area contributed by atoms with E-state index in [1.165, 1.54) is 25.7 Å². The number of nitrogen functional groups attached to an aromatic ring is 1. The van der Waals surface area contributed by atoms with Crippen LogP contribution in [0.4, 0.5) is 5.69 Å². The average molecular weight is 286 g/mol. The minimum Gasteiger partial charge on any atom is -0.490 e. The lowest BCUT2D eigenvalue weighted by Crippen LogP contribution is -2.12. The maximum Gasteiger partial charge on any atom is 0.127 e. The van der Waals surface area contributed by atoms with Crippen molar-refractivity contribution in [2.45, 2.75) is 59.0 Å². The first-order valence-corrected chi connectivity index (χ1v) is 7.93. The Morgan fingerprint density at radius 3 is 2.76 bits per heavy atom. The van der Waals surface area contributed by atoms with Crippen LogP contribution in [0.5, 0.6) is 5.75 Å². The summed E-state index contributed by atoms with van der Waals surface area (Å²) in [5.41, 5.74) is 7.75. The number of aryl methyl sites for hydroxylation is 1. The second kappa shape index (κ2) is 7.30. The van der Waals surface area contributed by atoms with Crippen LogP contribution in [0.25, 0.3) is 10.8 Å². The number of rotatable bonds is 7. The Morgan fingerprint density at radius 2 is 2.00 bits per heavy atom. The van der Waals surface area contributed by atoms with Crippen LogP contribution >= 0.6 is 0 Å². The number of fused-ring (bicyclic) bond motifs is 1. The van der Waals surface area contributed by atoms with Gasteiger partial charge in [0.2, 0.25) is 0 Å². The fourth-order valence-electron chi connectivity index (χ4n) is 2.58. The van der Waals surface area contributed by atoms with Gasteiger partial charge in [0.05, 0.1) is 6.10 Å². The van der Waals surface area contributed by atoms with E-state index in [4.69, 9.17) is 10.5 Å². The number of ether oxygens (including phenoxy) is 1. The third kappa shape index (κ3) is 4.10. The number of benzene rings is 1. The predicted molar refractivity (Wildman–Crippen MR) is 89.7 cm³/mol. The molecule has 2 rings (SSSR count). The highest BCUT2D eigenvalue weighted by Crippen LogP contribution is 2.31. The van der Waals surface area contributed by atoms with Gasteiger partial charge in [-0.2, -0.15) is 0 Å². The van der Waals surface area contributed by atoms with Crippen molar-refractivity contribution < 1.29 is 4.74 Å². The van der Waals surface area contributed by atoms with Gasteiger partial charge >= 0.3 is 0 Å². The Labute approximate surface area is 127 Å². The van der Waals surface area contributed by atoms with Gasteiger partial charge in [0.1, 0.15) is 5.75 Å². The molecule has 0 aliphatic carbocycles. The monoisotopic (exact) mass is 286 g/mol. The highest BCUT2D eigenvalue weighted by molar-refractivity contribution is 5.96. The number of hydrogen-bond donors (Lipinski definition) is 1. The molecule has 2 N–H and O–H groups in total. The summed E-state index contributed by atoms with van der Waals surface area (Å²) in [4.78, 5) is 4.32. The number of anilines is 1. The number of unbranched alkanes of at least 4 members (excludes halogenated alkanes) is 3. The highest BCUT2D eigenvalue weighted by atomic mass is 16.5. The Bertz CT molecular complexity index is 595. The van der Waals surface area contributed by atoms with Crippen molar-refractivity contribution in [1.82, 2.24) is 4.98 Å². The van der Waals surface area contributed by atoms with Crippen LogP contribution in [0.15, 0.2) is 24.4 Å². The number of hydrogen-bond acceptors (Lipinski definition) is 3. The lowest BCUT2D eigenvalue weighted by atomic mass is 10.1. The minimum absolute atomic E-state index is 0.224. The van der Waals surface area contributed by atoms with Crippen molar-refractivity contribution in [3.05, 3.63) is 30.1 Å². The lowest BCUT2D eigenvalue weighted by Gasteiger charge is -2.17. The van der Waals surface area contributed by atoms with Gasteiger partial charge in [0.25, 0.3) is 0 Å². The molecule has 0 saturated heterocycles. The second-order valence-electron chi connectivity index (χ2n) is 5.80. The van der Waals surface area contributed by atoms with E-state index in [1.807, 2.05) is 31.3 Å². The molecule has 1 aromatic carbocycles. The van der Waals surface area contributed by atoms with E-state index in [2.05, 4.69) is 18.8 Å². The van der Waals surface area contributed by atoms with Crippen LogP contribution in [-0.4, -0.2) is 11.1 Å². The van der Waals surface area contributed by atoms with Crippen LogP contribution in [0.1, 0.15) is 51.6 Å². The molecule has 0 aliphatic rings. The zero-order valence-corrected chi connectivity index (χ0v) is 13.4. The van der Waals surface area contributed by atoms with Crippen molar-refractivity contribution >= 4 is 16.5 Å². The fourth-order valence-corrected chi connectivity index (χ4v) is 2.58. The number of pyridine rings is 1. The van der Waals surface area contributed by atoms with Crippen LogP contribution in [0.3, 0.4) is 0 Å². The molecule has 0 aliphatic heterocycles. The first-order valence-electron chi connectivity index (χ1n) is 7.93. The topological polar surface area (TPSA) is 48.1 Å². The zero-order chi connectivity index (χ0) is 15.2.